The lowest BCUT2D eigenvalue weighted by Gasteiger charge is -2.38. The molecule has 2 unspecified atom stereocenters. The summed E-state index contributed by atoms with van der Waals surface area (Å²) in [4.78, 5) is 13.7. The Hall–Kier alpha value is -1.55. The lowest BCUT2D eigenvalue weighted by molar-refractivity contribution is -0.120. The van der Waals surface area contributed by atoms with Gasteiger partial charge in [-0.1, -0.05) is 26.0 Å². The number of benzene rings is 1. The lowest BCUT2D eigenvalue weighted by atomic mass is 9.79. The van der Waals surface area contributed by atoms with Gasteiger partial charge in [-0.2, -0.15) is 0 Å². The SMILES string of the molecule is CC1CC(C)CC(N(CC(N)=O)Cc2cccc(N)c2)C1. The van der Waals surface area contributed by atoms with Crippen LogP contribution in [0.25, 0.3) is 0 Å². The minimum atomic E-state index is -0.259. The molecule has 21 heavy (non-hydrogen) atoms. The summed E-state index contributed by atoms with van der Waals surface area (Å²) in [5, 5.41) is 0. The van der Waals surface area contributed by atoms with E-state index in [4.69, 9.17) is 11.5 Å². The number of primary amides is 1. The first kappa shape index (κ1) is 15.8. The van der Waals surface area contributed by atoms with Crippen LogP contribution in [0.15, 0.2) is 24.3 Å². The van der Waals surface area contributed by atoms with Gasteiger partial charge in [0.1, 0.15) is 0 Å². The highest BCUT2D eigenvalue weighted by Crippen LogP contribution is 2.32. The molecule has 0 radical (unpaired) electrons. The van der Waals surface area contributed by atoms with Crippen molar-refractivity contribution in [3.8, 4) is 0 Å². The van der Waals surface area contributed by atoms with Crippen molar-refractivity contribution >= 4 is 11.6 Å². The van der Waals surface area contributed by atoms with Crippen molar-refractivity contribution in [2.45, 2.75) is 45.7 Å². The Labute approximate surface area is 127 Å². The average Bonchev–Trinajstić information content (AvgIpc) is 2.36. The van der Waals surface area contributed by atoms with E-state index >= 15 is 0 Å². The molecule has 4 N–H and O–H groups in total. The van der Waals surface area contributed by atoms with Crippen LogP contribution in [0.5, 0.6) is 0 Å². The van der Waals surface area contributed by atoms with Crippen LogP contribution >= 0.6 is 0 Å². The zero-order valence-electron chi connectivity index (χ0n) is 13.1. The summed E-state index contributed by atoms with van der Waals surface area (Å²) in [5.74, 6) is 1.15. The molecule has 1 saturated carbocycles. The smallest absolute Gasteiger partial charge is 0.231 e. The van der Waals surface area contributed by atoms with E-state index in [0.29, 0.717) is 24.4 Å². The molecule has 116 valence electrons. The summed E-state index contributed by atoms with van der Waals surface area (Å²) in [5.41, 5.74) is 13.2. The standard InChI is InChI=1S/C17H27N3O/c1-12-6-13(2)8-16(7-12)20(11-17(19)21)10-14-4-3-5-15(18)9-14/h3-5,9,12-13,16H,6-8,10-11,18H2,1-2H3,(H2,19,21). The number of anilines is 1. The molecule has 1 aromatic carbocycles. The van der Waals surface area contributed by atoms with Gasteiger partial charge in [-0.05, 0) is 48.8 Å². The van der Waals surface area contributed by atoms with Crippen molar-refractivity contribution in [3.05, 3.63) is 29.8 Å². The van der Waals surface area contributed by atoms with Crippen LogP contribution in [0.3, 0.4) is 0 Å². The van der Waals surface area contributed by atoms with Crippen LogP contribution in [-0.4, -0.2) is 23.4 Å². The van der Waals surface area contributed by atoms with Crippen molar-refractivity contribution in [1.82, 2.24) is 4.90 Å². The Bertz CT molecular complexity index is 479. The fourth-order valence-corrected chi connectivity index (χ4v) is 3.64. The van der Waals surface area contributed by atoms with E-state index in [2.05, 4.69) is 24.8 Å². The molecule has 1 aliphatic carbocycles. The van der Waals surface area contributed by atoms with Crippen LogP contribution < -0.4 is 11.5 Å². The summed E-state index contributed by atoms with van der Waals surface area (Å²) in [6, 6.07) is 8.30. The normalized spacial score (nSPS) is 26.0. The summed E-state index contributed by atoms with van der Waals surface area (Å²) in [6.45, 7) is 5.65. The second-order valence-electron chi connectivity index (χ2n) is 6.69. The van der Waals surface area contributed by atoms with Crippen molar-refractivity contribution in [1.29, 1.82) is 0 Å². The Morgan fingerprint density at radius 3 is 2.48 bits per heavy atom. The number of carbonyl (C=O) groups is 1. The minimum Gasteiger partial charge on any atom is -0.399 e. The van der Waals surface area contributed by atoms with E-state index < -0.39 is 0 Å². The van der Waals surface area contributed by atoms with Gasteiger partial charge in [0.2, 0.25) is 5.91 Å². The zero-order chi connectivity index (χ0) is 15.4. The van der Waals surface area contributed by atoms with Crippen molar-refractivity contribution in [2.75, 3.05) is 12.3 Å². The molecular formula is C17H27N3O. The third-order valence-corrected chi connectivity index (χ3v) is 4.37. The van der Waals surface area contributed by atoms with Gasteiger partial charge in [-0.25, -0.2) is 0 Å². The number of nitrogen functional groups attached to an aromatic ring is 1. The highest BCUT2D eigenvalue weighted by molar-refractivity contribution is 5.76. The lowest BCUT2D eigenvalue weighted by Crippen LogP contribution is -2.44. The summed E-state index contributed by atoms with van der Waals surface area (Å²) in [6.07, 6.45) is 3.55. The molecular weight excluding hydrogens is 262 g/mol. The zero-order valence-corrected chi connectivity index (χ0v) is 13.1. The number of amides is 1. The molecule has 0 heterocycles. The molecule has 4 nitrogen and oxygen atoms in total. The monoisotopic (exact) mass is 289 g/mol. The van der Waals surface area contributed by atoms with Crippen molar-refractivity contribution in [2.24, 2.45) is 17.6 Å². The number of carbonyl (C=O) groups excluding carboxylic acids is 1. The highest BCUT2D eigenvalue weighted by Gasteiger charge is 2.29. The first-order valence-corrected chi connectivity index (χ1v) is 7.80. The van der Waals surface area contributed by atoms with Gasteiger partial charge in [-0.3, -0.25) is 9.69 Å². The van der Waals surface area contributed by atoms with Gasteiger partial charge < -0.3 is 11.5 Å². The Morgan fingerprint density at radius 1 is 1.24 bits per heavy atom. The van der Waals surface area contributed by atoms with Gasteiger partial charge in [0, 0.05) is 18.3 Å². The van der Waals surface area contributed by atoms with Crippen LogP contribution in [0.2, 0.25) is 0 Å². The first-order chi connectivity index (χ1) is 9.94. The Kier molecular flexibility index (Phi) is 5.23. The maximum atomic E-state index is 11.4. The number of nitrogens with two attached hydrogens (primary N) is 2. The third kappa shape index (κ3) is 4.74. The van der Waals surface area contributed by atoms with Crippen molar-refractivity contribution < 1.29 is 4.79 Å². The van der Waals surface area contributed by atoms with E-state index in [1.54, 1.807) is 0 Å². The number of nitrogens with zero attached hydrogens (tertiary/aromatic N) is 1. The van der Waals surface area contributed by atoms with Gasteiger partial charge >= 0.3 is 0 Å². The maximum absolute atomic E-state index is 11.4. The summed E-state index contributed by atoms with van der Waals surface area (Å²) in [7, 11) is 0. The number of hydrogen-bond acceptors (Lipinski definition) is 3. The quantitative estimate of drug-likeness (QED) is 0.817. The van der Waals surface area contributed by atoms with Crippen LogP contribution in [0.1, 0.15) is 38.7 Å². The number of hydrogen-bond donors (Lipinski definition) is 2. The first-order valence-electron chi connectivity index (χ1n) is 7.80. The van der Waals surface area contributed by atoms with E-state index in [-0.39, 0.29) is 5.91 Å². The summed E-state index contributed by atoms with van der Waals surface area (Å²) < 4.78 is 0. The molecule has 2 rings (SSSR count). The van der Waals surface area contributed by atoms with Gasteiger partial charge in [-0.15, -0.1) is 0 Å². The Balaban J connectivity index is 2.12. The molecule has 1 aromatic rings. The van der Waals surface area contributed by atoms with Crippen LogP contribution in [-0.2, 0) is 11.3 Å². The molecule has 2 atom stereocenters. The van der Waals surface area contributed by atoms with Crippen LogP contribution in [0, 0.1) is 11.8 Å². The van der Waals surface area contributed by atoms with Crippen molar-refractivity contribution in [3.63, 3.8) is 0 Å². The van der Waals surface area contributed by atoms with Crippen LogP contribution in [0.4, 0.5) is 5.69 Å². The molecule has 4 heteroatoms. The van der Waals surface area contributed by atoms with Gasteiger partial charge in [0.15, 0.2) is 0 Å². The van der Waals surface area contributed by atoms with E-state index in [0.717, 1.165) is 30.6 Å². The predicted octanol–water partition coefficient (Wildman–Crippen LogP) is 2.38. The van der Waals surface area contributed by atoms with E-state index in [1.807, 2.05) is 18.2 Å². The molecule has 1 aliphatic rings. The van der Waals surface area contributed by atoms with E-state index in [1.165, 1.54) is 6.42 Å². The maximum Gasteiger partial charge on any atom is 0.231 e. The van der Waals surface area contributed by atoms with Gasteiger partial charge in [0.05, 0.1) is 6.54 Å². The topological polar surface area (TPSA) is 72.3 Å². The molecule has 0 aromatic heterocycles. The molecule has 0 saturated heterocycles. The number of rotatable bonds is 5. The second kappa shape index (κ2) is 6.94. The fraction of sp³-hybridized carbons (Fsp3) is 0.588. The molecule has 1 amide bonds. The molecule has 1 fully saturated rings. The minimum absolute atomic E-state index is 0.259. The largest absolute Gasteiger partial charge is 0.399 e. The summed E-state index contributed by atoms with van der Waals surface area (Å²) >= 11 is 0. The van der Waals surface area contributed by atoms with E-state index in [9.17, 15) is 4.79 Å². The highest BCUT2D eigenvalue weighted by atomic mass is 16.1. The van der Waals surface area contributed by atoms with Gasteiger partial charge in [0.25, 0.3) is 0 Å². The molecule has 0 spiro atoms. The third-order valence-electron chi connectivity index (χ3n) is 4.37. The molecule has 0 aliphatic heterocycles. The second-order valence-corrected chi connectivity index (χ2v) is 6.69. The fourth-order valence-electron chi connectivity index (χ4n) is 3.64. The average molecular weight is 289 g/mol. The predicted molar refractivity (Wildman–Crippen MR) is 86.4 cm³/mol. The molecule has 0 bridgehead atoms. The Morgan fingerprint density at radius 2 is 1.90 bits per heavy atom.